The van der Waals surface area contributed by atoms with Gasteiger partial charge in [0, 0.05) is 27.9 Å². The quantitative estimate of drug-likeness (QED) is 0.289. The maximum atomic E-state index is 13.6. The van der Waals surface area contributed by atoms with E-state index in [0.29, 0.717) is 5.02 Å². The van der Waals surface area contributed by atoms with Crippen molar-refractivity contribution in [1.82, 2.24) is 9.88 Å². The predicted molar refractivity (Wildman–Crippen MR) is 133 cm³/mol. The van der Waals surface area contributed by atoms with Crippen LogP contribution in [-0.2, 0) is 17.8 Å². The average Bonchev–Trinajstić information content (AvgIpc) is 3.48. The Labute approximate surface area is 208 Å². The Morgan fingerprint density at radius 1 is 1.06 bits per heavy atom. The molecule has 2 aromatic heterocycles. The number of rotatable bonds is 8. The van der Waals surface area contributed by atoms with Gasteiger partial charge in [0.15, 0.2) is 0 Å². The zero-order valence-electron chi connectivity index (χ0n) is 17.2. The van der Waals surface area contributed by atoms with Crippen LogP contribution in [0, 0.1) is 0 Å². The van der Waals surface area contributed by atoms with E-state index in [0.717, 1.165) is 20.3 Å². The monoisotopic (exact) mass is 516 g/mol. The molecule has 1 N–H and O–H groups in total. The van der Waals surface area contributed by atoms with Gasteiger partial charge in [0.05, 0.1) is 22.0 Å². The first kappa shape index (κ1) is 23.4. The van der Waals surface area contributed by atoms with E-state index in [2.05, 4.69) is 4.98 Å². The van der Waals surface area contributed by atoms with E-state index in [1.54, 1.807) is 12.3 Å². The van der Waals surface area contributed by atoms with Crippen LogP contribution in [0.25, 0.3) is 9.88 Å². The highest BCUT2D eigenvalue weighted by atomic mass is 35.5. The summed E-state index contributed by atoms with van der Waals surface area (Å²) in [5, 5.41) is 13.4. The first-order valence-corrected chi connectivity index (χ1v) is 12.4. The first-order valence-electron chi connectivity index (χ1n) is 9.93. The summed E-state index contributed by atoms with van der Waals surface area (Å²) >= 11 is 15.3. The maximum Gasteiger partial charge on any atom is 0.326 e. The number of carboxylic acid groups (broad SMARTS) is 1. The molecular formula is C24H18Cl2N2O3S2. The van der Waals surface area contributed by atoms with E-state index in [1.807, 2.05) is 47.8 Å². The molecule has 1 unspecified atom stereocenters. The summed E-state index contributed by atoms with van der Waals surface area (Å²) in [6, 6.07) is 16.6. The number of benzene rings is 2. The third kappa shape index (κ3) is 5.62. The van der Waals surface area contributed by atoms with Crippen LogP contribution in [0.2, 0.25) is 10.0 Å². The molecule has 0 aliphatic carbocycles. The molecule has 168 valence electrons. The number of hydrogen-bond donors (Lipinski definition) is 1. The lowest BCUT2D eigenvalue weighted by molar-refractivity contribution is -0.142. The van der Waals surface area contributed by atoms with Gasteiger partial charge in [-0.1, -0.05) is 53.5 Å². The van der Waals surface area contributed by atoms with Crippen molar-refractivity contribution in [3.63, 3.8) is 0 Å². The molecular weight excluding hydrogens is 499 g/mol. The molecule has 0 aliphatic rings. The Hall–Kier alpha value is -2.71. The lowest BCUT2D eigenvalue weighted by atomic mass is 10.0. The Morgan fingerprint density at radius 2 is 1.85 bits per heavy atom. The zero-order valence-corrected chi connectivity index (χ0v) is 20.3. The van der Waals surface area contributed by atoms with Crippen molar-refractivity contribution in [2.45, 2.75) is 19.0 Å². The van der Waals surface area contributed by atoms with Crippen molar-refractivity contribution in [1.29, 1.82) is 0 Å². The molecule has 4 rings (SSSR count). The Bertz CT molecular complexity index is 1260. The van der Waals surface area contributed by atoms with E-state index in [4.69, 9.17) is 23.2 Å². The molecule has 33 heavy (non-hydrogen) atoms. The number of thiazole rings is 1. The molecule has 0 radical (unpaired) electrons. The lowest BCUT2D eigenvalue weighted by Crippen LogP contribution is -2.46. The van der Waals surface area contributed by atoms with Crippen LogP contribution in [0.4, 0.5) is 0 Å². The highest BCUT2D eigenvalue weighted by Gasteiger charge is 2.32. The van der Waals surface area contributed by atoms with Gasteiger partial charge in [-0.2, -0.15) is 0 Å². The third-order valence-corrected chi connectivity index (χ3v) is 7.55. The lowest BCUT2D eigenvalue weighted by Gasteiger charge is -2.29. The Morgan fingerprint density at radius 3 is 2.52 bits per heavy atom. The van der Waals surface area contributed by atoms with Crippen LogP contribution in [0.1, 0.15) is 20.8 Å². The molecule has 5 nitrogen and oxygen atoms in total. The summed E-state index contributed by atoms with van der Waals surface area (Å²) in [4.78, 5) is 33.4. The molecule has 0 fully saturated rings. The highest BCUT2D eigenvalue weighted by molar-refractivity contribution is 7.21. The molecule has 4 aromatic rings. The van der Waals surface area contributed by atoms with E-state index < -0.39 is 17.9 Å². The number of carbonyl (C=O) groups excluding carboxylic acids is 1. The van der Waals surface area contributed by atoms with Crippen LogP contribution in [0.5, 0.6) is 0 Å². The van der Waals surface area contributed by atoms with Gasteiger partial charge in [0.2, 0.25) is 0 Å². The SMILES string of the molecule is O=C(O)C(Cc1ccccc1)N(Cc1ccc(-c2nccs2)s1)C(=O)c1ccc(Cl)cc1Cl. The minimum atomic E-state index is -1.09. The van der Waals surface area contributed by atoms with Gasteiger partial charge >= 0.3 is 5.97 Å². The fourth-order valence-electron chi connectivity index (χ4n) is 3.40. The van der Waals surface area contributed by atoms with Gasteiger partial charge in [-0.05, 0) is 35.9 Å². The van der Waals surface area contributed by atoms with Crippen molar-refractivity contribution in [3.05, 3.63) is 98.3 Å². The number of hydrogen-bond acceptors (Lipinski definition) is 5. The van der Waals surface area contributed by atoms with Gasteiger partial charge in [0.25, 0.3) is 5.91 Å². The number of nitrogens with zero attached hydrogens (tertiary/aromatic N) is 2. The smallest absolute Gasteiger partial charge is 0.326 e. The number of carboxylic acids is 1. The standard InChI is InChI=1S/C24H18Cl2N2O3S2/c25-16-6-8-18(19(26)13-16)23(29)28(20(24(30)31)12-15-4-2-1-3-5-15)14-17-7-9-21(33-17)22-27-10-11-32-22/h1-11,13,20H,12,14H2,(H,30,31). The first-order chi connectivity index (χ1) is 15.9. The molecule has 9 heteroatoms. The molecule has 2 heterocycles. The number of aliphatic carboxylic acids is 1. The Kier molecular flexibility index (Phi) is 7.45. The summed E-state index contributed by atoms with van der Waals surface area (Å²) in [5.74, 6) is -1.56. The maximum absolute atomic E-state index is 13.6. The van der Waals surface area contributed by atoms with Crippen LogP contribution in [0.3, 0.4) is 0 Å². The van der Waals surface area contributed by atoms with Crippen molar-refractivity contribution in [2.24, 2.45) is 0 Å². The van der Waals surface area contributed by atoms with E-state index >= 15 is 0 Å². The van der Waals surface area contributed by atoms with Crippen molar-refractivity contribution in [3.8, 4) is 9.88 Å². The minimum Gasteiger partial charge on any atom is -0.480 e. The van der Waals surface area contributed by atoms with E-state index in [9.17, 15) is 14.7 Å². The fraction of sp³-hybridized carbons (Fsp3) is 0.125. The summed E-state index contributed by atoms with van der Waals surface area (Å²) in [6.45, 7) is 0.123. The number of carbonyl (C=O) groups is 2. The van der Waals surface area contributed by atoms with Crippen LogP contribution >= 0.6 is 45.9 Å². The highest BCUT2D eigenvalue weighted by Crippen LogP contribution is 2.32. The Balaban J connectivity index is 1.70. The number of amides is 1. The summed E-state index contributed by atoms with van der Waals surface area (Å²) in [7, 11) is 0. The molecule has 0 aliphatic heterocycles. The molecule has 0 saturated heterocycles. The van der Waals surface area contributed by atoms with Gasteiger partial charge in [0.1, 0.15) is 11.0 Å². The summed E-state index contributed by atoms with van der Waals surface area (Å²) < 4.78 is 0. The van der Waals surface area contributed by atoms with Crippen LogP contribution in [0.15, 0.2) is 72.2 Å². The second-order valence-electron chi connectivity index (χ2n) is 7.20. The molecule has 1 atom stereocenters. The van der Waals surface area contributed by atoms with Gasteiger partial charge in [-0.25, -0.2) is 9.78 Å². The topological polar surface area (TPSA) is 70.5 Å². The number of aromatic nitrogens is 1. The van der Waals surface area contributed by atoms with Crippen LogP contribution < -0.4 is 0 Å². The molecule has 2 aromatic carbocycles. The molecule has 0 saturated carbocycles. The second-order valence-corrected chi connectivity index (χ2v) is 10.1. The zero-order chi connectivity index (χ0) is 23.4. The fourth-order valence-corrected chi connectivity index (χ4v) is 5.61. The molecule has 0 spiro atoms. The normalized spacial score (nSPS) is 11.8. The minimum absolute atomic E-state index is 0.123. The van der Waals surface area contributed by atoms with Crippen molar-refractivity contribution in [2.75, 3.05) is 0 Å². The van der Waals surface area contributed by atoms with Gasteiger partial charge < -0.3 is 10.0 Å². The molecule has 1 amide bonds. The molecule has 0 bridgehead atoms. The third-order valence-electron chi connectivity index (χ3n) is 4.99. The van der Waals surface area contributed by atoms with E-state index in [-0.39, 0.29) is 23.6 Å². The largest absolute Gasteiger partial charge is 0.480 e. The summed E-state index contributed by atoms with van der Waals surface area (Å²) in [6.07, 6.45) is 1.90. The van der Waals surface area contributed by atoms with Crippen molar-refractivity contribution < 1.29 is 14.7 Å². The van der Waals surface area contributed by atoms with Gasteiger partial charge in [-0.15, -0.1) is 22.7 Å². The predicted octanol–water partition coefficient (Wildman–Crippen LogP) is 6.52. The number of thiophene rings is 1. The average molecular weight is 517 g/mol. The van der Waals surface area contributed by atoms with E-state index in [1.165, 1.54) is 39.7 Å². The van der Waals surface area contributed by atoms with Gasteiger partial charge in [-0.3, -0.25) is 4.79 Å². The second kappa shape index (κ2) is 10.5. The van der Waals surface area contributed by atoms with Crippen molar-refractivity contribution >= 4 is 57.8 Å². The summed E-state index contributed by atoms with van der Waals surface area (Å²) in [5.41, 5.74) is 1.02. The number of halogens is 2. The van der Waals surface area contributed by atoms with Crippen LogP contribution in [-0.4, -0.2) is 32.9 Å².